The summed E-state index contributed by atoms with van der Waals surface area (Å²) in [4.78, 5) is 13.8. The summed E-state index contributed by atoms with van der Waals surface area (Å²) in [6.07, 6.45) is 5.38. The van der Waals surface area contributed by atoms with Crippen LogP contribution in [-0.4, -0.2) is 69.1 Å². The zero-order chi connectivity index (χ0) is 34.6. The first-order chi connectivity index (χ1) is 22.1. The van der Waals surface area contributed by atoms with Crippen LogP contribution in [0.1, 0.15) is 125 Å². The Morgan fingerprint density at radius 2 is 1.62 bits per heavy atom. The van der Waals surface area contributed by atoms with E-state index in [1.807, 2.05) is 6.07 Å². The van der Waals surface area contributed by atoms with Gasteiger partial charge >= 0.3 is 18.1 Å². The van der Waals surface area contributed by atoms with Crippen molar-refractivity contribution in [3.8, 4) is 0 Å². The largest absolute Gasteiger partial charge is 0.480 e. The number of aliphatic hydroxyl groups is 1. The molecule has 8 atom stereocenters. The molecule has 2 saturated carbocycles. The highest BCUT2D eigenvalue weighted by Crippen LogP contribution is 2.62. The first kappa shape index (κ1) is 38.2. The molecule has 0 heterocycles. The molecular formula is C36H54F5NO4S. The number of carboxylic acid groups (broad SMARTS) is 1. The lowest BCUT2D eigenvalue weighted by atomic mass is 9.52. The quantitative estimate of drug-likeness (QED) is 0.126. The third-order valence-corrected chi connectivity index (χ3v) is 13.2. The molecule has 1 aromatic carbocycles. The minimum atomic E-state index is -5.56. The number of alkyl halides is 5. The highest BCUT2D eigenvalue weighted by molar-refractivity contribution is 7.84. The summed E-state index contributed by atoms with van der Waals surface area (Å²) in [5.41, 5.74) is 3.45. The number of hydrogen-bond acceptors (Lipinski definition) is 4. The van der Waals surface area contributed by atoms with Gasteiger partial charge < -0.3 is 10.2 Å². The number of rotatable bonds is 17. The van der Waals surface area contributed by atoms with Crippen molar-refractivity contribution in [2.24, 2.45) is 23.2 Å². The molecule has 0 bridgehead atoms. The molecule has 2 fully saturated rings. The Bertz CT molecular complexity index is 1230. The van der Waals surface area contributed by atoms with E-state index in [4.69, 9.17) is 0 Å². The van der Waals surface area contributed by atoms with Gasteiger partial charge in [-0.3, -0.25) is 13.9 Å². The maximum absolute atomic E-state index is 13.0. The van der Waals surface area contributed by atoms with Gasteiger partial charge in [-0.15, -0.1) is 0 Å². The zero-order valence-electron chi connectivity index (χ0n) is 28.2. The minimum Gasteiger partial charge on any atom is -0.480 e. The van der Waals surface area contributed by atoms with Crippen LogP contribution in [0.4, 0.5) is 22.0 Å². The highest BCUT2D eigenvalue weighted by Gasteiger charge is 2.57. The van der Waals surface area contributed by atoms with Crippen LogP contribution in [0.25, 0.3) is 0 Å². The van der Waals surface area contributed by atoms with E-state index in [2.05, 4.69) is 19.1 Å². The number of unbranched alkanes of at least 4 members (excludes halogenated alkanes) is 6. The van der Waals surface area contributed by atoms with Crippen molar-refractivity contribution in [3.63, 3.8) is 0 Å². The molecule has 47 heavy (non-hydrogen) atoms. The summed E-state index contributed by atoms with van der Waals surface area (Å²) in [6, 6.07) is 5.64. The first-order valence-electron chi connectivity index (χ1n) is 17.6. The van der Waals surface area contributed by atoms with Crippen LogP contribution in [-0.2, 0) is 22.0 Å². The van der Waals surface area contributed by atoms with Crippen molar-refractivity contribution >= 4 is 16.8 Å². The van der Waals surface area contributed by atoms with E-state index in [0.717, 1.165) is 82.6 Å². The Kier molecular flexibility index (Phi) is 13.0. The third-order valence-electron chi connectivity index (χ3n) is 11.7. The molecule has 1 aromatic rings. The Labute approximate surface area is 279 Å². The van der Waals surface area contributed by atoms with Crippen molar-refractivity contribution < 1.29 is 41.2 Å². The van der Waals surface area contributed by atoms with Gasteiger partial charge in [-0.05, 0) is 111 Å². The van der Waals surface area contributed by atoms with Crippen LogP contribution in [0, 0.1) is 23.2 Å². The van der Waals surface area contributed by atoms with E-state index >= 15 is 0 Å². The molecule has 3 aliphatic rings. The fourth-order valence-electron chi connectivity index (χ4n) is 9.15. The van der Waals surface area contributed by atoms with E-state index in [9.17, 15) is 41.2 Å². The van der Waals surface area contributed by atoms with Crippen LogP contribution in [0.2, 0.25) is 0 Å². The summed E-state index contributed by atoms with van der Waals surface area (Å²) in [7, 11) is 2.21. The lowest BCUT2D eigenvalue weighted by Gasteiger charge is -2.53. The molecule has 0 amide bonds. The van der Waals surface area contributed by atoms with Crippen molar-refractivity contribution in [1.29, 1.82) is 0 Å². The van der Waals surface area contributed by atoms with E-state index in [1.165, 1.54) is 11.1 Å². The minimum absolute atomic E-state index is 0.0337. The SMILES string of the molecule is CN(C)C(C(=O)O)c1ccc2c(c1)C[C@@H](CCCCCCCCCS(=O)CCCC(F)(F)C(F)(F)F)[C@@H]1[C@@H]2CC[C@]2(C)[C@@H](O)CC[C@@H]12. The highest BCUT2D eigenvalue weighted by atomic mass is 32.2. The van der Waals surface area contributed by atoms with Gasteiger partial charge in [-0.25, -0.2) is 0 Å². The summed E-state index contributed by atoms with van der Waals surface area (Å²) >= 11 is 0. The first-order valence-corrected chi connectivity index (χ1v) is 19.0. The third kappa shape index (κ3) is 8.96. The molecule has 0 aliphatic heterocycles. The van der Waals surface area contributed by atoms with Crippen molar-refractivity contribution in [2.45, 2.75) is 133 Å². The number of nitrogens with zero attached hydrogens (tertiary/aromatic N) is 1. The number of fused-ring (bicyclic) bond motifs is 5. The molecule has 0 spiro atoms. The number of likely N-dealkylation sites (N-methyl/N-ethyl adjacent to an activating group) is 1. The fraction of sp³-hybridized carbons (Fsp3) is 0.806. The second-order valence-corrected chi connectivity index (χ2v) is 16.7. The van der Waals surface area contributed by atoms with Gasteiger partial charge in [-0.1, -0.05) is 63.6 Å². The lowest BCUT2D eigenvalue weighted by molar-refractivity contribution is -0.284. The van der Waals surface area contributed by atoms with E-state index in [-0.39, 0.29) is 17.3 Å². The lowest BCUT2D eigenvalue weighted by Crippen LogP contribution is -2.47. The van der Waals surface area contributed by atoms with Gasteiger partial charge in [0.25, 0.3) is 0 Å². The molecular weight excluding hydrogens is 637 g/mol. The van der Waals surface area contributed by atoms with Crippen LogP contribution < -0.4 is 0 Å². The van der Waals surface area contributed by atoms with Crippen molar-refractivity contribution in [3.05, 3.63) is 34.9 Å². The fourth-order valence-corrected chi connectivity index (χ4v) is 10.3. The van der Waals surface area contributed by atoms with Gasteiger partial charge in [0.05, 0.1) is 6.10 Å². The van der Waals surface area contributed by atoms with Crippen LogP contribution in [0.5, 0.6) is 0 Å². The molecule has 2 N–H and O–H groups in total. The van der Waals surface area contributed by atoms with Crippen LogP contribution >= 0.6 is 0 Å². The van der Waals surface area contributed by atoms with Crippen molar-refractivity contribution in [2.75, 3.05) is 25.6 Å². The number of carbonyl (C=O) groups is 1. The standard InChI is InChI=1S/C36H54F5NO4S/c1-34-19-17-28-27-14-13-25(32(33(44)45)42(2)3)23-26(27)22-24(31(28)29(34)15-16-30(34)43)12-9-7-5-4-6-8-10-20-47(46)21-11-18-35(37,38)36(39,40)41/h13-14,23-24,28-32,43H,4-12,15-22H2,1-3H3,(H,44,45)/t24-,28-,29+,30+,31-,32?,34+,47?/m1/s1. The van der Waals surface area contributed by atoms with Crippen LogP contribution in [0.3, 0.4) is 0 Å². The molecule has 2 unspecified atom stereocenters. The number of benzene rings is 1. The molecule has 0 radical (unpaired) electrons. The molecule has 5 nitrogen and oxygen atoms in total. The van der Waals surface area contributed by atoms with Gasteiger partial charge in [0.15, 0.2) is 0 Å². The van der Waals surface area contributed by atoms with E-state index in [0.29, 0.717) is 35.8 Å². The van der Waals surface area contributed by atoms with Crippen molar-refractivity contribution in [1.82, 2.24) is 4.90 Å². The van der Waals surface area contributed by atoms with E-state index in [1.54, 1.807) is 19.0 Å². The average molecular weight is 692 g/mol. The number of carboxylic acids is 1. The number of aliphatic hydroxyl groups excluding tert-OH is 1. The van der Waals surface area contributed by atoms with Gasteiger partial charge in [0.1, 0.15) is 6.04 Å². The summed E-state index contributed by atoms with van der Waals surface area (Å²) in [6.45, 7) is 2.29. The number of aliphatic carboxylic acids is 1. The van der Waals surface area contributed by atoms with E-state index < -0.39 is 47.8 Å². The molecule has 268 valence electrons. The Morgan fingerprint density at radius 1 is 0.979 bits per heavy atom. The van der Waals surface area contributed by atoms with Gasteiger partial charge in [0, 0.05) is 28.7 Å². The van der Waals surface area contributed by atoms with Gasteiger partial charge in [-0.2, -0.15) is 22.0 Å². The molecule has 11 heteroatoms. The molecule has 0 saturated heterocycles. The Morgan fingerprint density at radius 3 is 2.26 bits per heavy atom. The second kappa shape index (κ2) is 16.0. The predicted octanol–water partition coefficient (Wildman–Crippen LogP) is 8.66. The molecule has 0 aromatic heterocycles. The Hall–Kier alpha value is -1.59. The smallest absolute Gasteiger partial charge is 0.453 e. The Balaban J connectivity index is 1.25. The normalized spacial score (nSPS) is 28.9. The predicted molar refractivity (Wildman–Crippen MR) is 175 cm³/mol. The zero-order valence-corrected chi connectivity index (χ0v) is 29.0. The molecule has 3 aliphatic carbocycles. The number of hydrogen-bond donors (Lipinski definition) is 2. The summed E-state index contributed by atoms with van der Waals surface area (Å²) in [5, 5.41) is 20.9. The molecule has 4 rings (SSSR count). The maximum atomic E-state index is 13.0. The number of halogens is 5. The average Bonchev–Trinajstić information content (AvgIpc) is 3.28. The summed E-state index contributed by atoms with van der Waals surface area (Å²) in [5.74, 6) is -3.42. The maximum Gasteiger partial charge on any atom is 0.453 e. The topological polar surface area (TPSA) is 77.8 Å². The van der Waals surface area contributed by atoms with Crippen LogP contribution in [0.15, 0.2) is 18.2 Å². The van der Waals surface area contributed by atoms with Gasteiger partial charge in [0.2, 0.25) is 0 Å². The monoisotopic (exact) mass is 691 g/mol. The summed E-state index contributed by atoms with van der Waals surface area (Å²) < 4.78 is 74.9. The second-order valence-electron chi connectivity index (χ2n) is 15.0.